The molecule has 0 radical (unpaired) electrons. The molecule has 0 amide bonds. The Hall–Kier alpha value is -6.56. The van der Waals surface area contributed by atoms with Crippen LogP contribution in [-0.2, 0) is 44.9 Å². The molecule has 0 bridgehead atoms. The molecule has 12 heteroatoms. The Bertz CT molecular complexity index is 2050. The Morgan fingerprint density at radius 3 is 1.13 bits per heavy atom. The van der Waals surface area contributed by atoms with Crippen molar-refractivity contribution >= 4 is 17.1 Å². The first-order chi connectivity index (χ1) is 26.8. The van der Waals surface area contributed by atoms with Crippen molar-refractivity contribution in [1.82, 2.24) is 59.8 Å². The van der Waals surface area contributed by atoms with E-state index in [0.29, 0.717) is 0 Å². The number of rotatable bonds is 0. The average Bonchev–Trinajstić information content (AvgIpc) is 3.96. The first kappa shape index (κ1) is 37.2. The highest BCUT2D eigenvalue weighted by atomic mass is 14.8. The number of fused-ring (bicyclic) bond motifs is 5. The fourth-order valence-corrected chi connectivity index (χ4v) is 5.88. The Morgan fingerprint density at radius 2 is 0.685 bits per heavy atom. The lowest BCUT2D eigenvalue weighted by molar-refractivity contribution is 0.649. The molecular formula is C42H42N12. The number of aromatic nitrogens is 12. The summed E-state index contributed by atoms with van der Waals surface area (Å²) in [5.74, 6) is 0. The van der Waals surface area contributed by atoms with Crippen LogP contribution in [0.1, 0.15) is 64.8 Å². The molecule has 12 nitrogen and oxygen atoms in total. The van der Waals surface area contributed by atoms with E-state index in [4.69, 9.17) is 0 Å². The third-order valence-corrected chi connectivity index (χ3v) is 8.52. The van der Waals surface area contributed by atoms with Gasteiger partial charge in [-0.1, -0.05) is 30.4 Å². The molecule has 270 valence electrons. The number of para-hydroxylation sites is 2. The number of hydrogen-bond acceptors (Lipinski definition) is 12. The zero-order valence-electron chi connectivity index (χ0n) is 30.1. The molecule has 0 saturated heterocycles. The molecule has 7 aromatic rings. The number of benzene rings is 1. The highest BCUT2D eigenvalue weighted by molar-refractivity contribution is 5.73. The van der Waals surface area contributed by atoms with Crippen molar-refractivity contribution in [3.8, 4) is 0 Å². The molecule has 6 aromatic heterocycles. The maximum absolute atomic E-state index is 4.26. The van der Waals surface area contributed by atoms with E-state index < -0.39 is 0 Å². The van der Waals surface area contributed by atoms with Crippen LogP contribution in [0.4, 0.5) is 0 Å². The number of allylic oxidation sites excluding steroid dienone is 3. The standard InChI is InChI=1S/C8H10N2.C8H8N2.C8H6N2.C7H8N2.C7H6N2.C4H4N2/c3*1-2-4-8-7(3-1)9-5-6-10-8;2*1-2-6-7(3-1)9-5-4-8-6;1-2-6-4-3-5-1/h5-6H,1-4H2;1-2,5-6H,3-4H2;1-6H;4-5H,1-3H2;1-2,4-5H,3H2;1-4H. The van der Waals surface area contributed by atoms with Crippen LogP contribution in [0.5, 0.6) is 0 Å². The fourth-order valence-electron chi connectivity index (χ4n) is 5.88. The smallest absolute Gasteiger partial charge is 0.0886 e. The topological polar surface area (TPSA) is 155 Å². The van der Waals surface area contributed by atoms with E-state index in [-0.39, 0.29) is 0 Å². The van der Waals surface area contributed by atoms with Gasteiger partial charge >= 0.3 is 0 Å². The predicted octanol–water partition coefficient (Wildman–Crippen LogP) is 6.60. The monoisotopic (exact) mass is 714 g/mol. The molecule has 0 aliphatic heterocycles. The summed E-state index contributed by atoms with van der Waals surface area (Å²) in [6.45, 7) is 0. The van der Waals surface area contributed by atoms with Gasteiger partial charge in [-0.25, -0.2) is 0 Å². The molecule has 0 N–H and O–H groups in total. The second kappa shape index (κ2) is 21.1. The van der Waals surface area contributed by atoms with Crippen LogP contribution in [0.15, 0.2) is 129 Å². The second-order valence-corrected chi connectivity index (χ2v) is 12.2. The maximum Gasteiger partial charge on any atom is 0.0886 e. The third kappa shape index (κ3) is 11.7. The summed E-state index contributed by atoms with van der Waals surface area (Å²) in [6, 6.07) is 7.80. The van der Waals surface area contributed by atoms with Gasteiger partial charge in [0.1, 0.15) is 0 Å². The van der Waals surface area contributed by atoms with Gasteiger partial charge in [-0.05, 0) is 63.2 Å². The minimum Gasteiger partial charge on any atom is -0.262 e. The molecule has 0 spiro atoms. The van der Waals surface area contributed by atoms with Crippen LogP contribution in [0, 0.1) is 0 Å². The summed E-state index contributed by atoms with van der Waals surface area (Å²) >= 11 is 0. The van der Waals surface area contributed by atoms with Gasteiger partial charge in [0.05, 0.1) is 56.6 Å². The van der Waals surface area contributed by atoms with Gasteiger partial charge in [0, 0.05) is 106 Å². The maximum atomic E-state index is 4.26. The summed E-state index contributed by atoms with van der Waals surface area (Å²) < 4.78 is 0. The van der Waals surface area contributed by atoms with Crippen molar-refractivity contribution in [3.63, 3.8) is 0 Å². The molecule has 0 unspecified atom stereocenters. The fraction of sp³-hybridized carbons (Fsp3) is 0.238. The average molecular weight is 715 g/mol. The van der Waals surface area contributed by atoms with Crippen LogP contribution in [-0.4, -0.2) is 59.8 Å². The third-order valence-electron chi connectivity index (χ3n) is 8.52. The van der Waals surface area contributed by atoms with Crippen molar-refractivity contribution in [2.45, 2.75) is 64.2 Å². The molecular weight excluding hydrogens is 673 g/mol. The molecule has 4 aliphatic carbocycles. The van der Waals surface area contributed by atoms with Crippen LogP contribution >= 0.6 is 0 Å². The van der Waals surface area contributed by atoms with Crippen molar-refractivity contribution in [1.29, 1.82) is 0 Å². The Balaban J connectivity index is 0.000000111. The van der Waals surface area contributed by atoms with E-state index in [1.54, 1.807) is 86.8 Å². The molecule has 11 rings (SSSR count). The van der Waals surface area contributed by atoms with Crippen molar-refractivity contribution in [2.75, 3.05) is 0 Å². The first-order valence-electron chi connectivity index (χ1n) is 18.2. The number of hydrogen-bond donors (Lipinski definition) is 0. The summed E-state index contributed by atoms with van der Waals surface area (Å²) in [4.78, 5) is 49.2. The minimum absolute atomic E-state index is 0.948. The summed E-state index contributed by atoms with van der Waals surface area (Å²) in [7, 11) is 0. The van der Waals surface area contributed by atoms with Gasteiger partial charge in [0.15, 0.2) is 0 Å². The number of aryl methyl sites for hydroxylation is 4. The Morgan fingerprint density at radius 1 is 0.315 bits per heavy atom. The molecule has 6 heterocycles. The van der Waals surface area contributed by atoms with Crippen molar-refractivity contribution < 1.29 is 0 Å². The Labute approximate surface area is 315 Å². The van der Waals surface area contributed by atoms with E-state index in [2.05, 4.69) is 78.0 Å². The molecule has 4 aliphatic rings. The highest BCUT2D eigenvalue weighted by Gasteiger charge is 2.11. The van der Waals surface area contributed by atoms with Crippen molar-refractivity contribution in [2.24, 2.45) is 0 Å². The van der Waals surface area contributed by atoms with Crippen LogP contribution in [0.2, 0.25) is 0 Å². The second-order valence-electron chi connectivity index (χ2n) is 12.2. The summed E-state index contributed by atoms with van der Waals surface area (Å²) in [5.41, 5.74) is 11.1. The van der Waals surface area contributed by atoms with E-state index in [9.17, 15) is 0 Å². The lowest BCUT2D eigenvalue weighted by Crippen LogP contribution is -2.06. The van der Waals surface area contributed by atoms with Gasteiger partial charge in [-0.2, -0.15) is 0 Å². The van der Waals surface area contributed by atoms with E-state index in [1.165, 1.54) is 42.0 Å². The van der Waals surface area contributed by atoms with Crippen LogP contribution < -0.4 is 0 Å². The lowest BCUT2D eigenvalue weighted by Gasteiger charge is -2.11. The zero-order chi connectivity index (χ0) is 36.9. The molecule has 1 aromatic carbocycles. The lowest BCUT2D eigenvalue weighted by atomic mass is 10.0. The molecule has 54 heavy (non-hydrogen) atoms. The first-order valence-corrected chi connectivity index (χ1v) is 18.2. The number of nitrogens with zero attached hydrogens (tertiary/aromatic N) is 12. The predicted molar refractivity (Wildman–Crippen MR) is 208 cm³/mol. The minimum atomic E-state index is 0.948. The van der Waals surface area contributed by atoms with E-state index >= 15 is 0 Å². The largest absolute Gasteiger partial charge is 0.262 e. The molecule has 0 fully saturated rings. The molecule has 0 atom stereocenters. The van der Waals surface area contributed by atoms with Crippen LogP contribution in [0.25, 0.3) is 17.1 Å². The summed E-state index contributed by atoms with van der Waals surface area (Å²) in [5, 5.41) is 0. The van der Waals surface area contributed by atoms with Gasteiger partial charge < -0.3 is 0 Å². The van der Waals surface area contributed by atoms with Gasteiger partial charge in [-0.15, -0.1) is 0 Å². The van der Waals surface area contributed by atoms with E-state index in [0.717, 1.165) is 78.8 Å². The van der Waals surface area contributed by atoms with Gasteiger partial charge in [-0.3, -0.25) is 59.8 Å². The molecule has 0 saturated carbocycles. The van der Waals surface area contributed by atoms with Crippen molar-refractivity contribution in [3.05, 3.63) is 175 Å². The van der Waals surface area contributed by atoms with E-state index in [1.807, 2.05) is 30.3 Å². The normalized spacial score (nSPS) is 13.4. The quantitative estimate of drug-likeness (QED) is 0.155. The SMILES string of the molecule is C1=CCc2nccnc2C1.C1=Cc2nccnc2C1.c1ccc2nccnc2c1.c1cnc2c(n1)CCC2.c1cnc2c(n1)CCCC2.c1cnccn1. The van der Waals surface area contributed by atoms with Gasteiger partial charge in [0.2, 0.25) is 0 Å². The summed E-state index contributed by atoms with van der Waals surface area (Å²) in [6.07, 6.45) is 43.5. The van der Waals surface area contributed by atoms with Gasteiger partial charge in [0.25, 0.3) is 0 Å². The zero-order valence-corrected chi connectivity index (χ0v) is 30.1. The van der Waals surface area contributed by atoms with Crippen LogP contribution in [0.3, 0.4) is 0 Å². The highest BCUT2D eigenvalue weighted by Crippen LogP contribution is 2.16. The Kier molecular flexibility index (Phi) is 14.5.